The predicted octanol–water partition coefficient (Wildman–Crippen LogP) is 6.52. The largest absolute Gasteiger partial charge is 0.393 e. The standard InChI is InChI=1S/C29H31F2NO2/c1-28-11-9-21-14-20-15-22(33)5-4-17(20)8-12-29(21,34)25(28)7-6-24(28)19-3-2-18-10-13-32-26(27(30)31)23(18)16-19/h2-3,6,9-10,13-14,16-17,22,25,27,33-34H,4-5,7-8,11-12,15H2,1H3/t17?,22?,25?,28?,29-/m1/s1. The van der Waals surface area contributed by atoms with Crippen LogP contribution in [0.3, 0.4) is 0 Å². The van der Waals surface area contributed by atoms with Crippen molar-refractivity contribution in [1.82, 2.24) is 4.98 Å². The van der Waals surface area contributed by atoms with E-state index in [2.05, 4.69) is 30.1 Å². The minimum Gasteiger partial charge on any atom is -0.393 e. The zero-order chi connectivity index (χ0) is 23.7. The van der Waals surface area contributed by atoms with Crippen molar-refractivity contribution in [1.29, 1.82) is 0 Å². The van der Waals surface area contributed by atoms with E-state index < -0.39 is 12.0 Å². The molecular weight excluding hydrogens is 432 g/mol. The van der Waals surface area contributed by atoms with Gasteiger partial charge < -0.3 is 10.2 Å². The smallest absolute Gasteiger partial charge is 0.280 e. The van der Waals surface area contributed by atoms with Crippen molar-refractivity contribution in [3.8, 4) is 0 Å². The van der Waals surface area contributed by atoms with Crippen molar-refractivity contribution >= 4 is 16.3 Å². The number of benzene rings is 1. The molecule has 1 heterocycles. The van der Waals surface area contributed by atoms with Crippen LogP contribution in [-0.4, -0.2) is 26.9 Å². The molecule has 4 aliphatic carbocycles. The summed E-state index contributed by atoms with van der Waals surface area (Å²) in [5, 5.41) is 23.6. The zero-order valence-electron chi connectivity index (χ0n) is 19.5. The van der Waals surface area contributed by atoms with Gasteiger partial charge in [0.2, 0.25) is 0 Å². The molecular formula is C29H31F2NO2. The number of halogens is 2. The highest BCUT2D eigenvalue weighted by Crippen LogP contribution is 2.61. The Labute approximate surface area is 198 Å². The van der Waals surface area contributed by atoms with Crippen molar-refractivity contribution in [3.05, 3.63) is 71.1 Å². The third-order valence-corrected chi connectivity index (χ3v) is 9.14. The summed E-state index contributed by atoms with van der Waals surface area (Å²) in [6.45, 7) is 2.22. The van der Waals surface area contributed by atoms with Crippen molar-refractivity contribution in [2.24, 2.45) is 17.3 Å². The number of pyridine rings is 1. The van der Waals surface area contributed by atoms with Crippen molar-refractivity contribution in [2.45, 2.75) is 70.0 Å². The number of rotatable bonds is 2. The Balaban J connectivity index is 1.39. The van der Waals surface area contributed by atoms with Gasteiger partial charge in [0.05, 0.1) is 11.7 Å². The number of aliphatic hydroxyl groups excluding tert-OH is 1. The molecule has 2 aromatic rings. The third-order valence-electron chi connectivity index (χ3n) is 9.14. The Morgan fingerprint density at radius 1 is 1.12 bits per heavy atom. The maximum absolute atomic E-state index is 13.6. The van der Waals surface area contributed by atoms with Gasteiger partial charge in [-0.05, 0) is 85.1 Å². The van der Waals surface area contributed by atoms with E-state index in [4.69, 9.17) is 0 Å². The summed E-state index contributed by atoms with van der Waals surface area (Å²) in [6, 6.07) is 7.55. The van der Waals surface area contributed by atoms with Gasteiger partial charge in [0.15, 0.2) is 0 Å². The Bertz CT molecular complexity index is 1250. The molecule has 4 aliphatic rings. The molecule has 1 saturated carbocycles. The Kier molecular flexibility index (Phi) is 5.09. The minimum atomic E-state index is -2.62. The van der Waals surface area contributed by atoms with Crippen molar-refractivity contribution in [2.75, 3.05) is 0 Å². The summed E-state index contributed by atoms with van der Waals surface area (Å²) in [5.74, 6) is 0.482. The number of nitrogens with zero attached hydrogens (tertiary/aromatic N) is 1. The fourth-order valence-corrected chi connectivity index (χ4v) is 7.29. The van der Waals surface area contributed by atoms with Gasteiger partial charge in [0, 0.05) is 22.9 Å². The Morgan fingerprint density at radius 3 is 2.79 bits per heavy atom. The normalized spacial score (nSPS) is 35.1. The van der Waals surface area contributed by atoms with Crippen LogP contribution in [0.15, 0.2) is 59.8 Å². The fourth-order valence-electron chi connectivity index (χ4n) is 7.29. The minimum absolute atomic E-state index is 0.0380. The number of aliphatic hydroxyl groups is 2. The van der Waals surface area contributed by atoms with Crippen molar-refractivity contribution in [3.63, 3.8) is 0 Å². The second-order valence-electron chi connectivity index (χ2n) is 10.9. The van der Waals surface area contributed by atoms with E-state index in [1.165, 1.54) is 11.8 Å². The topological polar surface area (TPSA) is 53.4 Å². The van der Waals surface area contributed by atoms with Gasteiger partial charge >= 0.3 is 0 Å². The predicted molar refractivity (Wildman–Crippen MR) is 129 cm³/mol. The lowest BCUT2D eigenvalue weighted by atomic mass is 9.58. The lowest BCUT2D eigenvalue weighted by molar-refractivity contribution is -0.0330. The molecule has 0 aliphatic heterocycles. The third kappa shape index (κ3) is 3.24. The second-order valence-corrected chi connectivity index (χ2v) is 10.9. The highest BCUT2D eigenvalue weighted by Gasteiger charge is 2.55. The van der Waals surface area contributed by atoms with Crippen LogP contribution in [0.4, 0.5) is 8.78 Å². The van der Waals surface area contributed by atoms with E-state index in [9.17, 15) is 19.0 Å². The van der Waals surface area contributed by atoms with Gasteiger partial charge in [-0.1, -0.05) is 42.9 Å². The average molecular weight is 464 g/mol. The van der Waals surface area contributed by atoms with Crippen LogP contribution in [0.1, 0.15) is 69.6 Å². The molecule has 178 valence electrons. The summed E-state index contributed by atoms with van der Waals surface area (Å²) in [7, 11) is 0. The molecule has 0 bridgehead atoms. The summed E-state index contributed by atoms with van der Waals surface area (Å²) in [4.78, 5) is 3.95. The fraction of sp³-hybridized carbons (Fsp3) is 0.483. The summed E-state index contributed by atoms with van der Waals surface area (Å²) >= 11 is 0. The number of aromatic nitrogens is 1. The van der Waals surface area contributed by atoms with E-state index in [0.29, 0.717) is 17.7 Å². The maximum Gasteiger partial charge on any atom is 0.280 e. The van der Waals surface area contributed by atoms with E-state index in [1.807, 2.05) is 18.2 Å². The summed E-state index contributed by atoms with van der Waals surface area (Å²) in [5.41, 5.74) is 3.02. The second kappa shape index (κ2) is 7.82. The molecule has 0 spiro atoms. The molecule has 5 atom stereocenters. The molecule has 6 rings (SSSR count). The average Bonchev–Trinajstić information content (AvgIpc) is 3.10. The summed E-state index contributed by atoms with van der Waals surface area (Å²) < 4.78 is 27.3. The van der Waals surface area contributed by atoms with E-state index in [1.54, 1.807) is 6.07 Å². The lowest BCUT2D eigenvalue weighted by Crippen LogP contribution is -2.48. The molecule has 1 aromatic heterocycles. The van der Waals surface area contributed by atoms with Gasteiger partial charge in [0.1, 0.15) is 5.69 Å². The molecule has 5 heteroatoms. The number of alkyl halides is 2. The van der Waals surface area contributed by atoms with Crippen LogP contribution in [0.5, 0.6) is 0 Å². The SMILES string of the molecule is CC12CC=C3C=C4CC(O)CCC4CC[C@]3(O)C1CC=C2c1ccc2ccnc(C(F)F)c2c1. The quantitative estimate of drug-likeness (QED) is 0.533. The van der Waals surface area contributed by atoms with E-state index in [-0.39, 0.29) is 23.1 Å². The van der Waals surface area contributed by atoms with E-state index >= 15 is 0 Å². The Morgan fingerprint density at radius 2 is 1.97 bits per heavy atom. The molecule has 1 fully saturated rings. The molecule has 2 N–H and O–H groups in total. The molecule has 34 heavy (non-hydrogen) atoms. The van der Waals surface area contributed by atoms with Crippen LogP contribution in [0.25, 0.3) is 16.3 Å². The molecule has 0 saturated heterocycles. The highest BCUT2D eigenvalue weighted by atomic mass is 19.3. The monoisotopic (exact) mass is 463 g/mol. The zero-order valence-corrected chi connectivity index (χ0v) is 19.5. The summed E-state index contributed by atoms with van der Waals surface area (Å²) in [6.07, 6.45) is 10.9. The van der Waals surface area contributed by atoms with Crippen LogP contribution >= 0.6 is 0 Å². The van der Waals surface area contributed by atoms with E-state index in [0.717, 1.165) is 60.6 Å². The molecule has 0 radical (unpaired) electrons. The Hall–Kier alpha value is -2.37. The van der Waals surface area contributed by atoms with Gasteiger partial charge in [0.25, 0.3) is 6.43 Å². The van der Waals surface area contributed by atoms with Gasteiger partial charge in [-0.3, -0.25) is 4.98 Å². The van der Waals surface area contributed by atoms with Crippen LogP contribution < -0.4 is 0 Å². The first-order valence-corrected chi connectivity index (χ1v) is 12.5. The first-order chi connectivity index (χ1) is 16.3. The molecule has 1 aromatic carbocycles. The van der Waals surface area contributed by atoms with Gasteiger partial charge in [-0.2, -0.15) is 0 Å². The number of fused-ring (bicyclic) bond motifs is 5. The van der Waals surface area contributed by atoms with Crippen LogP contribution in [0.2, 0.25) is 0 Å². The lowest BCUT2D eigenvalue weighted by Gasteiger charge is -2.48. The van der Waals surface area contributed by atoms with Crippen molar-refractivity contribution < 1.29 is 19.0 Å². The maximum atomic E-state index is 13.6. The van der Waals surface area contributed by atoms with Gasteiger partial charge in [-0.25, -0.2) is 8.78 Å². The first-order valence-electron chi connectivity index (χ1n) is 12.5. The number of allylic oxidation sites excluding steroid dienone is 3. The number of hydrogen-bond acceptors (Lipinski definition) is 3. The van der Waals surface area contributed by atoms with Crippen LogP contribution in [0, 0.1) is 17.3 Å². The van der Waals surface area contributed by atoms with Crippen LogP contribution in [-0.2, 0) is 0 Å². The first kappa shape index (κ1) is 22.1. The number of hydrogen-bond donors (Lipinski definition) is 2. The molecule has 0 amide bonds. The molecule has 3 nitrogen and oxygen atoms in total. The molecule has 4 unspecified atom stereocenters. The highest BCUT2D eigenvalue weighted by molar-refractivity contribution is 5.89. The van der Waals surface area contributed by atoms with Gasteiger partial charge in [-0.15, -0.1) is 0 Å².